The van der Waals surface area contributed by atoms with Gasteiger partial charge in [-0.15, -0.1) is 10.2 Å². The first-order chi connectivity index (χ1) is 9.16. The summed E-state index contributed by atoms with van der Waals surface area (Å²) in [7, 11) is 3.41. The number of hydrogen-bond acceptors (Lipinski definition) is 5. The lowest BCUT2D eigenvalue weighted by Gasteiger charge is -2.21. The van der Waals surface area contributed by atoms with E-state index in [2.05, 4.69) is 15.5 Å². The smallest absolute Gasteiger partial charge is 0.273 e. The maximum Gasteiger partial charge on any atom is 0.273 e. The third-order valence-corrected chi connectivity index (χ3v) is 4.47. The number of nitrogens with zero attached hydrogens (tertiary/aromatic N) is 3. The monoisotopic (exact) mass is 280 g/mol. The van der Waals surface area contributed by atoms with Gasteiger partial charge in [0.15, 0.2) is 5.69 Å². The van der Waals surface area contributed by atoms with E-state index in [9.17, 15) is 4.79 Å². The van der Waals surface area contributed by atoms with Gasteiger partial charge in [-0.2, -0.15) is 11.8 Å². The number of carbonyl (C=O) groups excluding carboxylic acids is 1. The highest BCUT2D eigenvalue weighted by molar-refractivity contribution is 7.99. The SMILES string of the molecule is CN(C)C(=O)c1ccc(NCC2CCCCS2)nn1. The predicted octanol–water partition coefficient (Wildman–Crippen LogP) is 1.88. The van der Waals surface area contributed by atoms with E-state index in [0.29, 0.717) is 10.9 Å². The van der Waals surface area contributed by atoms with Crippen LogP contribution in [-0.4, -0.2) is 52.6 Å². The molecule has 1 N–H and O–H groups in total. The lowest BCUT2D eigenvalue weighted by Crippen LogP contribution is -2.24. The molecule has 6 heteroatoms. The van der Waals surface area contributed by atoms with E-state index in [1.165, 1.54) is 29.9 Å². The standard InChI is InChI=1S/C13H20N4OS/c1-17(2)13(18)11-6-7-12(16-15-11)14-9-10-5-3-4-8-19-10/h6-7,10H,3-5,8-9H2,1-2H3,(H,14,16). The summed E-state index contributed by atoms with van der Waals surface area (Å²) in [6.07, 6.45) is 3.92. The van der Waals surface area contributed by atoms with Gasteiger partial charge in [-0.05, 0) is 30.7 Å². The van der Waals surface area contributed by atoms with Gasteiger partial charge in [-0.1, -0.05) is 6.42 Å². The maximum absolute atomic E-state index is 11.7. The molecule has 1 fully saturated rings. The van der Waals surface area contributed by atoms with Crippen molar-refractivity contribution in [2.45, 2.75) is 24.5 Å². The van der Waals surface area contributed by atoms with Crippen LogP contribution < -0.4 is 5.32 Å². The largest absolute Gasteiger partial charge is 0.367 e. The molecular formula is C13H20N4OS. The zero-order chi connectivity index (χ0) is 13.7. The van der Waals surface area contributed by atoms with Gasteiger partial charge < -0.3 is 10.2 Å². The number of nitrogens with one attached hydrogen (secondary N) is 1. The number of aromatic nitrogens is 2. The molecule has 1 atom stereocenters. The highest BCUT2D eigenvalue weighted by atomic mass is 32.2. The summed E-state index contributed by atoms with van der Waals surface area (Å²) in [5.74, 6) is 1.87. The maximum atomic E-state index is 11.7. The third kappa shape index (κ3) is 4.09. The van der Waals surface area contributed by atoms with Gasteiger partial charge in [-0.3, -0.25) is 4.79 Å². The first kappa shape index (κ1) is 14.1. The molecule has 0 saturated carbocycles. The van der Waals surface area contributed by atoms with Crippen LogP contribution in [-0.2, 0) is 0 Å². The van der Waals surface area contributed by atoms with Crippen molar-refractivity contribution in [2.75, 3.05) is 31.7 Å². The fraction of sp³-hybridized carbons (Fsp3) is 0.615. The highest BCUT2D eigenvalue weighted by Gasteiger charge is 2.14. The Bertz CT molecular complexity index is 415. The van der Waals surface area contributed by atoms with Crippen LogP contribution in [0, 0.1) is 0 Å². The van der Waals surface area contributed by atoms with Crippen LogP contribution in [0.25, 0.3) is 0 Å². The van der Waals surface area contributed by atoms with Crippen LogP contribution >= 0.6 is 11.8 Å². The van der Waals surface area contributed by atoms with Crippen molar-refractivity contribution in [2.24, 2.45) is 0 Å². The van der Waals surface area contributed by atoms with Gasteiger partial charge in [0.1, 0.15) is 5.82 Å². The number of amides is 1. The number of thioether (sulfide) groups is 1. The summed E-state index contributed by atoms with van der Waals surface area (Å²) in [5.41, 5.74) is 0.377. The van der Waals surface area contributed by atoms with E-state index in [4.69, 9.17) is 0 Å². The number of anilines is 1. The van der Waals surface area contributed by atoms with Gasteiger partial charge in [0, 0.05) is 25.9 Å². The molecule has 104 valence electrons. The summed E-state index contributed by atoms with van der Waals surface area (Å²) in [5, 5.41) is 12.0. The summed E-state index contributed by atoms with van der Waals surface area (Å²) < 4.78 is 0. The first-order valence-corrected chi connectivity index (χ1v) is 7.62. The van der Waals surface area contributed by atoms with Crippen molar-refractivity contribution >= 4 is 23.5 Å². The molecule has 0 radical (unpaired) electrons. The zero-order valence-corrected chi connectivity index (χ0v) is 12.2. The van der Waals surface area contributed by atoms with Crippen LogP contribution in [0.1, 0.15) is 29.8 Å². The fourth-order valence-corrected chi connectivity index (χ4v) is 3.20. The average Bonchev–Trinajstić information content (AvgIpc) is 2.46. The van der Waals surface area contributed by atoms with E-state index < -0.39 is 0 Å². The average molecular weight is 280 g/mol. The van der Waals surface area contributed by atoms with Gasteiger partial charge in [0.05, 0.1) is 0 Å². The quantitative estimate of drug-likeness (QED) is 0.912. The normalized spacial score (nSPS) is 18.9. The van der Waals surface area contributed by atoms with Crippen molar-refractivity contribution in [3.8, 4) is 0 Å². The topological polar surface area (TPSA) is 58.1 Å². The molecule has 1 aromatic rings. The van der Waals surface area contributed by atoms with E-state index in [-0.39, 0.29) is 5.91 Å². The summed E-state index contributed by atoms with van der Waals surface area (Å²) in [6.45, 7) is 0.917. The molecule has 0 bridgehead atoms. The molecule has 1 saturated heterocycles. The van der Waals surface area contributed by atoms with Crippen LogP contribution in [0.5, 0.6) is 0 Å². The number of hydrogen-bond donors (Lipinski definition) is 1. The lowest BCUT2D eigenvalue weighted by atomic mass is 10.2. The second kappa shape index (κ2) is 6.75. The van der Waals surface area contributed by atoms with Crippen molar-refractivity contribution in [1.29, 1.82) is 0 Å². The molecule has 1 aliphatic heterocycles. The van der Waals surface area contributed by atoms with Crippen molar-refractivity contribution < 1.29 is 4.79 Å². The molecule has 2 heterocycles. The summed E-state index contributed by atoms with van der Waals surface area (Å²) in [4.78, 5) is 13.2. The Morgan fingerprint density at radius 1 is 1.42 bits per heavy atom. The Morgan fingerprint density at radius 3 is 2.84 bits per heavy atom. The van der Waals surface area contributed by atoms with Crippen molar-refractivity contribution in [3.05, 3.63) is 17.8 Å². The predicted molar refractivity (Wildman–Crippen MR) is 78.6 cm³/mol. The molecule has 1 unspecified atom stereocenters. The van der Waals surface area contributed by atoms with Gasteiger partial charge in [-0.25, -0.2) is 0 Å². The minimum absolute atomic E-state index is 0.123. The Labute approximate surface area is 118 Å². The van der Waals surface area contributed by atoms with E-state index in [0.717, 1.165) is 12.4 Å². The molecule has 2 rings (SSSR count). The molecule has 1 aliphatic rings. The molecule has 0 aromatic carbocycles. The van der Waals surface area contributed by atoms with Gasteiger partial charge >= 0.3 is 0 Å². The first-order valence-electron chi connectivity index (χ1n) is 6.57. The zero-order valence-electron chi connectivity index (χ0n) is 11.4. The lowest BCUT2D eigenvalue weighted by molar-refractivity contribution is 0.0821. The highest BCUT2D eigenvalue weighted by Crippen LogP contribution is 2.24. The van der Waals surface area contributed by atoms with Crippen LogP contribution in [0.2, 0.25) is 0 Å². The molecule has 1 aromatic heterocycles. The van der Waals surface area contributed by atoms with Crippen molar-refractivity contribution in [3.63, 3.8) is 0 Å². The second-order valence-corrected chi connectivity index (χ2v) is 6.28. The Balaban J connectivity index is 1.86. The third-order valence-electron chi connectivity index (χ3n) is 3.07. The molecule has 1 amide bonds. The van der Waals surface area contributed by atoms with E-state index in [1.807, 2.05) is 17.8 Å². The fourth-order valence-electron chi connectivity index (χ4n) is 1.96. The minimum atomic E-state index is -0.123. The van der Waals surface area contributed by atoms with Crippen LogP contribution in [0.3, 0.4) is 0 Å². The Hall–Kier alpha value is -1.30. The molecular weight excluding hydrogens is 260 g/mol. The van der Waals surface area contributed by atoms with Gasteiger partial charge in [0.2, 0.25) is 0 Å². The molecule has 0 spiro atoms. The molecule has 5 nitrogen and oxygen atoms in total. The number of carbonyl (C=O) groups is 1. The van der Waals surface area contributed by atoms with E-state index in [1.54, 1.807) is 20.2 Å². The van der Waals surface area contributed by atoms with Crippen LogP contribution in [0.15, 0.2) is 12.1 Å². The van der Waals surface area contributed by atoms with Gasteiger partial charge in [0.25, 0.3) is 5.91 Å². The summed E-state index contributed by atoms with van der Waals surface area (Å²) in [6, 6.07) is 3.53. The second-order valence-electron chi connectivity index (χ2n) is 4.87. The minimum Gasteiger partial charge on any atom is -0.367 e. The number of rotatable bonds is 4. The van der Waals surface area contributed by atoms with Crippen LogP contribution in [0.4, 0.5) is 5.82 Å². The Kier molecular flexibility index (Phi) is 5.01. The molecule has 0 aliphatic carbocycles. The summed E-state index contributed by atoms with van der Waals surface area (Å²) >= 11 is 2.02. The van der Waals surface area contributed by atoms with Crippen molar-refractivity contribution in [1.82, 2.24) is 15.1 Å². The Morgan fingerprint density at radius 2 is 2.26 bits per heavy atom. The van der Waals surface area contributed by atoms with E-state index >= 15 is 0 Å². The molecule has 19 heavy (non-hydrogen) atoms.